The fourth-order valence-electron chi connectivity index (χ4n) is 7.24. The molecule has 34 heavy (non-hydrogen) atoms. The van der Waals surface area contributed by atoms with Crippen molar-refractivity contribution in [2.75, 3.05) is 0 Å². The third-order valence-corrected chi connectivity index (χ3v) is 9.62. The zero-order chi connectivity index (χ0) is 25.2. The molecular formula is C25H34N2O7. The van der Waals surface area contributed by atoms with Gasteiger partial charge in [-0.15, -0.1) is 6.58 Å². The number of aromatic nitrogens is 2. The summed E-state index contributed by atoms with van der Waals surface area (Å²) in [6.45, 7) is 11.7. The number of H-pyrrole nitrogens is 2. The van der Waals surface area contributed by atoms with Crippen LogP contribution in [0, 0.1) is 34.0 Å². The first kappa shape index (κ1) is 24.6. The van der Waals surface area contributed by atoms with E-state index in [2.05, 4.69) is 11.6 Å². The van der Waals surface area contributed by atoms with Crippen molar-refractivity contribution in [3.8, 4) is 0 Å². The molecular weight excluding hydrogens is 440 g/mol. The molecule has 9 nitrogen and oxygen atoms in total. The maximum atomic E-state index is 13.5. The smallest absolute Gasteiger partial charge is 0.345 e. The number of carbonyl (C=O) groups is 2. The fraction of sp³-hybridized carbons (Fsp3) is 0.680. The summed E-state index contributed by atoms with van der Waals surface area (Å²) >= 11 is 0. The van der Waals surface area contributed by atoms with Gasteiger partial charge in [0.1, 0.15) is 17.8 Å². The van der Waals surface area contributed by atoms with Gasteiger partial charge in [0.2, 0.25) is 0 Å². The SMILES string of the molecule is C=C[C@]1(C)C[C@@H](OC(=O)c2c[nH]c(=O)[nH]c2=O)[C@@]2(C)C3C(=O)[C@@H](O)C[C@@]3(CC[C@H]2C)[C@@H](C)[C@@H]1O. The van der Waals surface area contributed by atoms with Gasteiger partial charge in [0, 0.05) is 22.9 Å². The van der Waals surface area contributed by atoms with E-state index >= 15 is 0 Å². The highest BCUT2D eigenvalue weighted by Crippen LogP contribution is 2.68. The lowest BCUT2D eigenvalue weighted by Gasteiger charge is -2.61. The Morgan fingerprint density at radius 3 is 2.50 bits per heavy atom. The minimum absolute atomic E-state index is 0.0388. The van der Waals surface area contributed by atoms with E-state index in [1.807, 2.05) is 32.7 Å². The Hall–Kier alpha value is -2.52. The second-order valence-electron chi connectivity index (χ2n) is 11.1. The van der Waals surface area contributed by atoms with Crippen molar-refractivity contribution >= 4 is 11.8 Å². The molecule has 1 heterocycles. The molecule has 186 valence electrons. The third kappa shape index (κ3) is 3.27. The van der Waals surface area contributed by atoms with Crippen LogP contribution in [0.5, 0.6) is 0 Å². The van der Waals surface area contributed by atoms with Crippen LogP contribution >= 0.6 is 0 Å². The molecule has 0 amide bonds. The third-order valence-electron chi connectivity index (χ3n) is 9.62. The first-order chi connectivity index (χ1) is 15.8. The Balaban J connectivity index is 1.88. The molecule has 3 aliphatic rings. The molecule has 3 fully saturated rings. The Labute approximate surface area is 197 Å². The van der Waals surface area contributed by atoms with Gasteiger partial charge in [-0.25, -0.2) is 9.59 Å². The molecule has 0 radical (unpaired) electrons. The first-order valence-corrected chi connectivity index (χ1v) is 11.9. The van der Waals surface area contributed by atoms with Crippen LogP contribution in [0.4, 0.5) is 0 Å². The fourth-order valence-corrected chi connectivity index (χ4v) is 7.24. The highest BCUT2D eigenvalue weighted by Gasteiger charge is 2.70. The number of nitrogens with one attached hydrogen (secondary N) is 2. The Kier molecular flexibility index (Phi) is 5.80. The van der Waals surface area contributed by atoms with Crippen LogP contribution in [0.3, 0.4) is 0 Å². The van der Waals surface area contributed by atoms with Gasteiger partial charge in [-0.2, -0.15) is 0 Å². The normalized spacial score (nSPS) is 44.0. The topological polar surface area (TPSA) is 150 Å². The lowest BCUT2D eigenvalue weighted by molar-refractivity contribution is -0.192. The molecule has 0 saturated heterocycles. The lowest BCUT2D eigenvalue weighted by Crippen LogP contribution is -2.63. The van der Waals surface area contributed by atoms with Crippen molar-refractivity contribution in [1.82, 2.24) is 9.97 Å². The van der Waals surface area contributed by atoms with Gasteiger partial charge in [0.25, 0.3) is 5.56 Å². The van der Waals surface area contributed by atoms with Crippen molar-refractivity contribution in [1.29, 1.82) is 0 Å². The molecule has 4 rings (SSSR count). The predicted molar refractivity (Wildman–Crippen MR) is 123 cm³/mol. The molecule has 9 heteroatoms. The standard InChI is InChI=1S/C25H34N2O7/c1-6-23(4)10-16(34-21(32)14-11-26-22(33)27-20(14)31)24(5)12(2)7-8-25(13(3)19(23)30)9-15(28)17(29)18(24)25/h6,11-13,15-16,18-19,28,30H,1,7-10H2,2-5H3,(H2,26,27,31,33)/t12-,13+,15+,16-,18?,19+,23-,24+,25+/m1/s1. The summed E-state index contributed by atoms with van der Waals surface area (Å²) in [4.78, 5) is 54.5. The van der Waals surface area contributed by atoms with Gasteiger partial charge in [0.05, 0.1) is 6.10 Å². The Morgan fingerprint density at radius 1 is 1.21 bits per heavy atom. The molecule has 2 bridgehead atoms. The van der Waals surface area contributed by atoms with Gasteiger partial charge in [-0.3, -0.25) is 14.6 Å². The Morgan fingerprint density at radius 2 is 1.88 bits per heavy atom. The molecule has 9 atom stereocenters. The molecule has 3 aliphatic carbocycles. The highest BCUT2D eigenvalue weighted by molar-refractivity contribution is 5.90. The van der Waals surface area contributed by atoms with E-state index in [-0.39, 0.29) is 36.0 Å². The van der Waals surface area contributed by atoms with Crippen molar-refractivity contribution in [2.45, 2.75) is 71.7 Å². The lowest BCUT2D eigenvalue weighted by atomic mass is 9.44. The number of rotatable bonds is 3. The molecule has 1 aromatic rings. The van der Waals surface area contributed by atoms with Gasteiger partial charge in [-0.1, -0.05) is 33.8 Å². The van der Waals surface area contributed by atoms with Crippen molar-refractivity contribution in [3.63, 3.8) is 0 Å². The summed E-state index contributed by atoms with van der Waals surface area (Å²) in [6, 6.07) is 0. The summed E-state index contributed by atoms with van der Waals surface area (Å²) in [7, 11) is 0. The molecule has 4 N–H and O–H groups in total. The molecule has 0 aliphatic heterocycles. The van der Waals surface area contributed by atoms with E-state index in [1.165, 1.54) is 0 Å². The first-order valence-electron chi connectivity index (χ1n) is 11.9. The number of Topliss-reactive ketones (excluding diaryl/α,β-unsaturated/α-hetero) is 1. The zero-order valence-electron chi connectivity index (χ0n) is 20.1. The second kappa shape index (κ2) is 8.02. The average molecular weight is 475 g/mol. The number of aliphatic hydroxyl groups is 2. The van der Waals surface area contributed by atoms with Gasteiger partial charge in [-0.05, 0) is 42.9 Å². The highest BCUT2D eigenvalue weighted by atomic mass is 16.5. The Bertz CT molecular complexity index is 1140. The van der Waals surface area contributed by atoms with E-state index in [0.717, 1.165) is 12.6 Å². The van der Waals surface area contributed by atoms with Gasteiger partial charge < -0.3 is 19.9 Å². The molecule has 1 unspecified atom stereocenters. The molecule has 3 saturated carbocycles. The van der Waals surface area contributed by atoms with Crippen LogP contribution in [0.15, 0.2) is 28.4 Å². The van der Waals surface area contributed by atoms with Crippen molar-refractivity contribution in [2.24, 2.45) is 34.0 Å². The number of ether oxygens (including phenoxy) is 1. The number of carbonyl (C=O) groups excluding carboxylic acids is 2. The zero-order valence-corrected chi connectivity index (χ0v) is 20.1. The minimum Gasteiger partial charge on any atom is -0.458 e. The minimum atomic E-state index is -1.14. The number of aliphatic hydroxyl groups excluding tert-OH is 2. The summed E-state index contributed by atoms with van der Waals surface area (Å²) in [5.41, 5.74) is -4.32. The van der Waals surface area contributed by atoms with Crippen LogP contribution in [-0.2, 0) is 9.53 Å². The predicted octanol–water partition coefficient (Wildman–Crippen LogP) is 1.55. The number of hydrogen-bond donors (Lipinski definition) is 4. The van der Waals surface area contributed by atoms with Crippen LogP contribution in [0.2, 0.25) is 0 Å². The van der Waals surface area contributed by atoms with Crippen LogP contribution in [0.25, 0.3) is 0 Å². The average Bonchev–Trinajstić information content (AvgIpc) is 3.05. The van der Waals surface area contributed by atoms with E-state index in [0.29, 0.717) is 6.42 Å². The number of aromatic amines is 2. The van der Waals surface area contributed by atoms with Crippen LogP contribution in [0.1, 0.15) is 63.7 Å². The van der Waals surface area contributed by atoms with Crippen LogP contribution < -0.4 is 11.2 Å². The number of ketones is 1. The number of hydrogen-bond acceptors (Lipinski definition) is 7. The van der Waals surface area contributed by atoms with E-state index in [9.17, 15) is 29.4 Å². The quantitative estimate of drug-likeness (QED) is 0.383. The second-order valence-corrected chi connectivity index (χ2v) is 11.1. The summed E-state index contributed by atoms with van der Waals surface area (Å²) in [5.74, 6) is -2.16. The van der Waals surface area contributed by atoms with E-state index < -0.39 is 57.7 Å². The molecule has 0 spiro atoms. The van der Waals surface area contributed by atoms with Gasteiger partial charge >= 0.3 is 11.7 Å². The van der Waals surface area contributed by atoms with Crippen LogP contribution in [-0.4, -0.2) is 50.2 Å². The molecule has 0 aromatic carbocycles. The van der Waals surface area contributed by atoms with Crippen molar-refractivity contribution < 1.29 is 24.5 Å². The van der Waals surface area contributed by atoms with E-state index in [4.69, 9.17) is 4.74 Å². The monoisotopic (exact) mass is 474 g/mol. The van der Waals surface area contributed by atoms with E-state index in [1.54, 1.807) is 6.08 Å². The maximum absolute atomic E-state index is 13.5. The van der Waals surface area contributed by atoms with Crippen molar-refractivity contribution in [3.05, 3.63) is 45.3 Å². The molecule has 1 aromatic heterocycles. The maximum Gasteiger partial charge on any atom is 0.345 e. The summed E-state index contributed by atoms with van der Waals surface area (Å²) < 4.78 is 5.99. The summed E-state index contributed by atoms with van der Waals surface area (Å²) in [5, 5.41) is 22.2. The van der Waals surface area contributed by atoms with Gasteiger partial charge in [0.15, 0.2) is 5.78 Å². The largest absolute Gasteiger partial charge is 0.458 e. The summed E-state index contributed by atoms with van der Waals surface area (Å²) in [6.07, 6.45) is 1.64. The number of esters is 1.